The van der Waals surface area contributed by atoms with Crippen molar-refractivity contribution in [1.82, 2.24) is 5.32 Å². The molecule has 1 amide bonds. The van der Waals surface area contributed by atoms with Gasteiger partial charge in [0.05, 0.1) is 19.1 Å². The highest BCUT2D eigenvalue weighted by Gasteiger charge is 2.17. The number of hydrogen-bond donors (Lipinski definition) is 2. The van der Waals surface area contributed by atoms with Crippen LogP contribution in [-0.4, -0.2) is 23.6 Å². The Kier molecular flexibility index (Phi) is 5.85. The van der Waals surface area contributed by atoms with Crippen molar-refractivity contribution in [2.45, 2.75) is 32.7 Å². The van der Waals surface area contributed by atoms with Gasteiger partial charge in [-0.25, -0.2) is 0 Å². The molecule has 0 aliphatic heterocycles. The summed E-state index contributed by atoms with van der Waals surface area (Å²) in [4.78, 5) is 22.0. The molecule has 1 unspecified atom stereocenters. The minimum atomic E-state index is -0.960. The van der Waals surface area contributed by atoms with Gasteiger partial charge in [-0.2, -0.15) is 0 Å². The third-order valence-electron chi connectivity index (χ3n) is 2.49. The van der Waals surface area contributed by atoms with E-state index in [2.05, 4.69) is 5.32 Å². The highest BCUT2D eigenvalue weighted by atomic mass is 16.5. The van der Waals surface area contributed by atoms with E-state index in [0.29, 0.717) is 12.4 Å². The number of hydrogen-bond acceptors (Lipinski definition) is 3. The predicted molar refractivity (Wildman–Crippen MR) is 71.0 cm³/mol. The first-order valence-electron chi connectivity index (χ1n) is 6.24. The lowest BCUT2D eigenvalue weighted by atomic mass is 10.0. The number of rotatable bonds is 7. The molecular formula is C14H19NO4. The summed E-state index contributed by atoms with van der Waals surface area (Å²) in [5, 5.41) is 11.5. The maximum Gasteiger partial charge on any atom is 0.305 e. The molecule has 0 radical (unpaired) electrons. The van der Waals surface area contributed by atoms with Crippen LogP contribution < -0.4 is 10.1 Å². The van der Waals surface area contributed by atoms with Crippen LogP contribution in [-0.2, 0) is 9.59 Å². The van der Waals surface area contributed by atoms with Crippen LogP contribution in [0.2, 0.25) is 0 Å². The summed E-state index contributed by atoms with van der Waals surface area (Å²) in [7, 11) is 0. The van der Waals surface area contributed by atoms with Crippen molar-refractivity contribution in [2.24, 2.45) is 0 Å². The average molecular weight is 265 g/mol. The van der Waals surface area contributed by atoms with E-state index in [1.54, 1.807) is 18.2 Å². The lowest BCUT2D eigenvalue weighted by Crippen LogP contribution is -2.28. The van der Waals surface area contributed by atoms with Gasteiger partial charge in [0.15, 0.2) is 0 Å². The molecule has 0 fully saturated rings. The Morgan fingerprint density at radius 1 is 1.42 bits per heavy atom. The van der Waals surface area contributed by atoms with Gasteiger partial charge in [0.1, 0.15) is 5.75 Å². The van der Waals surface area contributed by atoms with E-state index in [0.717, 1.165) is 12.0 Å². The van der Waals surface area contributed by atoms with Gasteiger partial charge in [0, 0.05) is 6.92 Å². The first kappa shape index (κ1) is 15.0. The zero-order valence-electron chi connectivity index (χ0n) is 11.2. The van der Waals surface area contributed by atoms with Gasteiger partial charge in [-0.15, -0.1) is 0 Å². The predicted octanol–water partition coefficient (Wildman–Crippen LogP) is 2.13. The second kappa shape index (κ2) is 7.41. The molecule has 0 aromatic heterocycles. The summed E-state index contributed by atoms with van der Waals surface area (Å²) in [5.74, 6) is -0.537. The van der Waals surface area contributed by atoms with Gasteiger partial charge in [0.2, 0.25) is 5.91 Å². The molecule has 0 saturated carbocycles. The maximum absolute atomic E-state index is 11.1. The number of carboxylic acid groups (broad SMARTS) is 1. The summed E-state index contributed by atoms with van der Waals surface area (Å²) < 4.78 is 5.50. The third kappa shape index (κ3) is 5.42. The van der Waals surface area contributed by atoms with Gasteiger partial charge in [-0.1, -0.05) is 19.1 Å². The van der Waals surface area contributed by atoms with Gasteiger partial charge in [-0.05, 0) is 24.1 Å². The molecule has 1 aromatic carbocycles. The average Bonchev–Trinajstić information content (AvgIpc) is 2.35. The highest BCUT2D eigenvalue weighted by molar-refractivity contribution is 5.75. The SMILES string of the molecule is CCCOc1cccc(C(CC(=O)O)NC(C)=O)c1. The van der Waals surface area contributed by atoms with E-state index in [1.165, 1.54) is 6.92 Å². The fourth-order valence-corrected chi connectivity index (χ4v) is 1.71. The summed E-state index contributed by atoms with van der Waals surface area (Å²) in [6.45, 7) is 3.98. The molecule has 104 valence electrons. The summed E-state index contributed by atoms with van der Waals surface area (Å²) in [6.07, 6.45) is 0.741. The number of benzene rings is 1. The van der Waals surface area contributed by atoms with Crippen LogP contribution in [0.3, 0.4) is 0 Å². The van der Waals surface area contributed by atoms with Crippen LogP contribution in [0.1, 0.15) is 38.3 Å². The second-order valence-corrected chi connectivity index (χ2v) is 4.27. The maximum atomic E-state index is 11.1. The minimum Gasteiger partial charge on any atom is -0.494 e. The number of amides is 1. The van der Waals surface area contributed by atoms with Gasteiger partial charge in [0.25, 0.3) is 0 Å². The summed E-state index contributed by atoms with van der Waals surface area (Å²) >= 11 is 0. The fraction of sp³-hybridized carbons (Fsp3) is 0.429. The van der Waals surface area contributed by atoms with E-state index in [4.69, 9.17) is 9.84 Å². The van der Waals surface area contributed by atoms with Crippen molar-refractivity contribution in [3.63, 3.8) is 0 Å². The van der Waals surface area contributed by atoms with E-state index < -0.39 is 12.0 Å². The Bertz CT molecular complexity index is 429. The summed E-state index contributed by atoms with van der Waals surface area (Å²) in [5.41, 5.74) is 0.728. The zero-order chi connectivity index (χ0) is 14.3. The normalized spacial score (nSPS) is 11.7. The Labute approximate surface area is 112 Å². The number of aliphatic carboxylic acids is 1. The standard InChI is InChI=1S/C14H19NO4/c1-3-7-19-12-6-4-5-11(8-12)13(9-14(17)18)15-10(2)16/h4-6,8,13H,3,7,9H2,1-2H3,(H,15,16)(H,17,18). The van der Waals surface area contributed by atoms with Crippen LogP contribution in [0.4, 0.5) is 0 Å². The van der Waals surface area contributed by atoms with Crippen molar-refractivity contribution in [1.29, 1.82) is 0 Å². The van der Waals surface area contributed by atoms with E-state index >= 15 is 0 Å². The second-order valence-electron chi connectivity index (χ2n) is 4.27. The number of nitrogens with one attached hydrogen (secondary N) is 1. The molecule has 0 heterocycles. The highest BCUT2D eigenvalue weighted by Crippen LogP contribution is 2.22. The molecular weight excluding hydrogens is 246 g/mol. The van der Waals surface area contributed by atoms with Gasteiger partial charge < -0.3 is 15.2 Å². The monoisotopic (exact) mass is 265 g/mol. The molecule has 19 heavy (non-hydrogen) atoms. The van der Waals surface area contributed by atoms with Crippen LogP contribution in [0, 0.1) is 0 Å². The van der Waals surface area contributed by atoms with Crippen LogP contribution in [0.25, 0.3) is 0 Å². The summed E-state index contributed by atoms with van der Waals surface area (Å²) in [6, 6.07) is 6.60. The first-order chi connectivity index (χ1) is 9.02. The molecule has 0 aliphatic rings. The smallest absolute Gasteiger partial charge is 0.305 e. The number of carbonyl (C=O) groups excluding carboxylic acids is 1. The van der Waals surface area contributed by atoms with Crippen LogP contribution in [0.15, 0.2) is 24.3 Å². The molecule has 0 saturated heterocycles. The zero-order valence-corrected chi connectivity index (χ0v) is 11.2. The van der Waals surface area contributed by atoms with E-state index in [1.807, 2.05) is 13.0 Å². The molecule has 2 N–H and O–H groups in total. The molecule has 5 nitrogen and oxygen atoms in total. The van der Waals surface area contributed by atoms with E-state index in [9.17, 15) is 9.59 Å². The van der Waals surface area contributed by atoms with Crippen molar-refractivity contribution < 1.29 is 19.4 Å². The molecule has 1 atom stereocenters. The molecule has 0 bridgehead atoms. The molecule has 5 heteroatoms. The lowest BCUT2D eigenvalue weighted by molar-refractivity contribution is -0.137. The quantitative estimate of drug-likeness (QED) is 0.792. The largest absolute Gasteiger partial charge is 0.494 e. The minimum absolute atomic E-state index is 0.156. The Morgan fingerprint density at radius 3 is 2.74 bits per heavy atom. The topological polar surface area (TPSA) is 75.6 Å². The van der Waals surface area contributed by atoms with Crippen LogP contribution in [0.5, 0.6) is 5.75 Å². The molecule has 1 rings (SSSR count). The first-order valence-corrected chi connectivity index (χ1v) is 6.24. The number of carbonyl (C=O) groups is 2. The molecule has 0 aliphatic carbocycles. The van der Waals surface area contributed by atoms with Crippen molar-refractivity contribution >= 4 is 11.9 Å². The van der Waals surface area contributed by atoms with Crippen molar-refractivity contribution in [3.8, 4) is 5.75 Å². The third-order valence-corrected chi connectivity index (χ3v) is 2.49. The number of carboxylic acids is 1. The van der Waals surface area contributed by atoms with Crippen molar-refractivity contribution in [3.05, 3.63) is 29.8 Å². The lowest BCUT2D eigenvalue weighted by Gasteiger charge is -2.17. The van der Waals surface area contributed by atoms with Crippen LogP contribution >= 0.6 is 0 Å². The Morgan fingerprint density at radius 2 is 2.16 bits per heavy atom. The Balaban J connectivity index is 2.87. The number of ether oxygens (including phenoxy) is 1. The molecule has 0 spiro atoms. The Hall–Kier alpha value is -2.04. The van der Waals surface area contributed by atoms with Crippen molar-refractivity contribution in [2.75, 3.05) is 6.61 Å². The van der Waals surface area contributed by atoms with Gasteiger partial charge >= 0.3 is 5.97 Å². The molecule has 1 aromatic rings. The van der Waals surface area contributed by atoms with E-state index in [-0.39, 0.29) is 12.3 Å². The van der Waals surface area contributed by atoms with Gasteiger partial charge in [-0.3, -0.25) is 9.59 Å². The fourth-order valence-electron chi connectivity index (χ4n) is 1.71.